The van der Waals surface area contributed by atoms with Gasteiger partial charge in [-0.3, -0.25) is 4.68 Å². The molecule has 4 nitrogen and oxygen atoms in total. The predicted octanol–water partition coefficient (Wildman–Crippen LogP) is 2.15. The number of hydrogen-bond acceptors (Lipinski definition) is 3. The summed E-state index contributed by atoms with van der Waals surface area (Å²) >= 11 is 0. The van der Waals surface area contributed by atoms with E-state index in [-0.39, 0.29) is 5.97 Å². The van der Waals surface area contributed by atoms with E-state index in [1.54, 1.807) is 17.7 Å². The molecule has 0 atom stereocenters. The highest BCUT2D eigenvalue weighted by Crippen LogP contribution is 2.18. The lowest BCUT2D eigenvalue weighted by molar-refractivity contribution is -0.137. The maximum Gasteiger partial charge on any atom is 0.330 e. The van der Waals surface area contributed by atoms with Crippen LogP contribution in [0.4, 0.5) is 0 Å². The highest BCUT2D eigenvalue weighted by molar-refractivity contribution is 5.92. The molecule has 0 aliphatic heterocycles. The molecule has 2 aromatic rings. The number of benzene rings is 1. The van der Waals surface area contributed by atoms with Gasteiger partial charge in [-0.15, -0.1) is 0 Å². The Bertz CT molecular complexity index is 570. The Balaban J connectivity index is 2.35. The fourth-order valence-corrected chi connectivity index (χ4v) is 1.70. The number of aryl methyl sites for hydroxylation is 1. The van der Waals surface area contributed by atoms with Crippen molar-refractivity contribution in [3.8, 4) is 0 Å². The first-order valence-electron chi connectivity index (χ1n) is 5.49. The fraction of sp³-hybridized carbons (Fsp3) is 0.231. The van der Waals surface area contributed by atoms with Crippen LogP contribution in [0.3, 0.4) is 0 Å². The van der Waals surface area contributed by atoms with Gasteiger partial charge in [0.2, 0.25) is 0 Å². The molecule has 2 rings (SSSR count). The molecule has 1 heterocycles. The summed E-state index contributed by atoms with van der Waals surface area (Å²) in [5, 5.41) is 5.37. The van der Waals surface area contributed by atoms with Crippen LogP contribution in [0, 0.1) is 0 Å². The second-order valence-electron chi connectivity index (χ2n) is 3.61. The highest BCUT2D eigenvalue weighted by atomic mass is 16.5. The molecule has 1 aromatic heterocycles. The first kappa shape index (κ1) is 11.4. The van der Waals surface area contributed by atoms with Crippen molar-refractivity contribution in [1.29, 1.82) is 0 Å². The molecule has 0 N–H and O–H groups in total. The zero-order chi connectivity index (χ0) is 12.3. The van der Waals surface area contributed by atoms with Gasteiger partial charge in [-0.25, -0.2) is 4.79 Å². The number of aromatic nitrogens is 2. The summed E-state index contributed by atoms with van der Waals surface area (Å²) in [6.07, 6.45) is 3.15. The largest absolute Gasteiger partial charge is 0.463 e. The Morgan fingerprint density at radius 2 is 2.24 bits per heavy atom. The van der Waals surface area contributed by atoms with Crippen molar-refractivity contribution in [3.63, 3.8) is 0 Å². The molecule has 0 fully saturated rings. The molecule has 1 aromatic carbocycles. The van der Waals surface area contributed by atoms with E-state index in [2.05, 4.69) is 5.10 Å². The lowest BCUT2D eigenvalue weighted by Gasteiger charge is -1.96. The summed E-state index contributed by atoms with van der Waals surface area (Å²) < 4.78 is 6.59. The average molecular weight is 230 g/mol. The van der Waals surface area contributed by atoms with Gasteiger partial charge < -0.3 is 4.74 Å². The molecular formula is C13H14N2O2. The van der Waals surface area contributed by atoms with Crippen molar-refractivity contribution in [2.45, 2.75) is 6.92 Å². The van der Waals surface area contributed by atoms with E-state index in [1.807, 2.05) is 31.3 Å². The van der Waals surface area contributed by atoms with E-state index in [9.17, 15) is 4.79 Å². The summed E-state index contributed by atoms with van der Waals surface area (Å²) in [5.41, 5.74) is 1.81. The summed E-state index contributed by atoms with van der Waals surface area (Å²) in [6.45, 7) is 2.17. The van der Waals surface area contributed by atoms with E-state index in [0.29, 0.717) is 6.61 Å². The number of carbonyl (C=O) groups is 1. The molecule has 0 saturated heterocycles. The van der Waals surface area contributed by atoms with Gasteiger partial charge in [0.05, 0.1) is 17.8 Å². The van der Waals surface area contributed by atoms with Crippen molar-refractivity contribution < 1.29 is 9.53 Å². The van der Waals surface area contributed by atoms with Crippen LogP contribution in [0.1, 0.15) is 12.6 Å². The molecule has 0 unspecified atom stereocenters. The van der Waals surface area contributed by atoms with Crippen LogP contribution in [0.25, 0.3) is 17.0 Å². The van der Waals surface area contributed by atoms with E-state index in [1.165, 1.54) is 6.08 Å². The van der Waals surface area contributed by atoms with Gasteiger partial charge in [0.1, 0.15) is 0 Å². The third-order valence-corrected chi connectivity index (χ3v) is 2.45. The molecule has 4 heteroatoms. The molecule has 0 aliphatic rings. The molecule has 88 valence electrons. The fourth-order valence-electron chi connectivity index (χ4n) is 1.70. The van der Waals surface area contributed by atoms with Gasteiger partial charge in [-0.05, 0) is 19.1 Å². The van der Waals surface area contributed by atoms with Gasteiger partial charge in [0.15, 0.2) is 0 Å². The summed E-state index contributed by atoms with van der Waals surface area (Å²) in [5.74, 6) is -0.335. The van der Waals surface area contributed by atoms with Gasteiger partial charge in [-0.1, -0.05) is 18.2 Å². The lowest BCUT2D eigenvalue weighted by Crippen LogP contribution is -1.99. The zero-order valence-corrected chi connectivity index (χ0v) is 9.88. The van der Waals surface area contributed by atoms with E-state index < -0.39 is 0 Å². The number of fused-ring (bicyclic) bond motifs is 1. The first-order valence-corrected chi connectivity index (χ1v) is 5.49. The molecule has 0 amide bonds. The van der Waals surface area contributed by atoms with Crippen LogP contribution in [0.5, 0.6) is 0 Å². The molecule has 0 saturated carbocycles. The third kappa shape index (κ3) is 2.36. The highest BCUT2D eigenvalue weighted by Gasteiger charge is 2.05. The second kappa shape index (κ2) is 4.82. The average Bonchev–Trinajstić information content (AvgIpc) is 2.62. The number of carbonyl (C=O) groups excluding carboxylic acids is 1. The van der Waals surface area contributed by atoms with Crippen molar-refractivity contribution in [2.24, 2.45) is 7.05 Å². The van der Waals surface area contributed by atoms with Crippen LogP contribution < -0.4 is 0 Å². The Labute approximate surface area is 99.5 Å². The normalized spacial score (nSPS) is 11.2. The molecule has 0 spiro atoms. The van der Waals surface area contributed by atoms with Gasteiger partial charge in [0.25, 0.3) is 0 Å². The smallest absolute Gasteiger partial charge is 0.330 e. The number of rotatable bonds is 3. The van der Waals surface area contributed by atoms with E-state index in [4.69, 9.17) is 4.74 Å². The van der Waals surface area contributed by atoms with Gasteiger partial charge >= 0.3 is 5.97 Å². The summed E-state index contributed by atoms with van der Waals surface area (Å²) in [7, 11) is 1.85. The predicted molar refractivity (Wildman–Crippen MR) is 66.4 cm³/mol. The minimum Gasteiger partial charge on any atom is -0.463 e. The zero-order valence-electron chi connectivity index (χ0n) is 9.88. The Morgan fingerprint density at radius 3 is 3.00 bits per heavy atom. The molecule has 0 radical (unpaired) electrons. The number of hydrogen-bond donors (Lipinski definition) is 0. The SMILES string of the molecule is CCOC(=O)/C=C/c1c2ccccc2nn1C. The second-order valence-corrected chi connectivity index (χ2v) is 3.61. The minimum atomic E-state index is -0.335. The molecule has 0 bridgehead atoms. The topological polar surface area (TPSA) is 44.1 Å². The van der Waals surface area contributed by atoms with Crippen LogP contribution in [0.15, 0.2) is 30.3 Å². The van der Waals surface area contributed by atoms with Crippen LogP contribution in [-0.2, 0) is 16.6 Å². The van der Waals surface area contributed by atoms with Crippen molar-refractivity contribution in [3.05, 3.63) is 36.0 Å². The lowest BCUT2D eigenvalue weighted by atomic mass is 10.2. The van der Waals surface area contributed by atoms with Gasteiger partial charge in [-0.2, -0.15) is 5.10 Å². The van der Waals surface area contributed by atoms with Crippen LogP contribution in [0.2, 0.25) is 0 Å². The maximum absolute atomic E-state index is 11.2. The number of nitrogens with zero attached hydrogens (tertiary/aromatic N) is 2. The number of ether oxygens (including phenoxy) is 1. The Morgan fingerprint density at radius 1 is 1.47 bits per heavy atom. The van der Waals surface area contributed by atoms with Crippen molar-refractivity contribution >= 4 is 22.9 Å². The first-order chi connectivity index (χ1) is 8.22. The molecule has 0 aliphatic carbocycles. The summed E-state index contributed by atoms with van der Waals surface area (Å²) in [6, 6.07) is 7.81. The van der Waals surface area contributed by atoms with Crippen molar-refractivity contribution in [2.75, 3.05) is 6.61 Å². The molecule has 17 heavy (non-hydrogen) atoms. The third-order valence-electron chi connectivity index (χ3n) is 2.45. The molecular weight excluding hydrogens is 216 g/mol. The Hall–Kier alpha value is -2.10. The van der Waals surface area contributed by atoms with Crippen LogP contribution >= 0.6 is 0 Å². The van der Waals surface area contributed by atoms with E-state index >= 15 is 0 Å². The monoisotopic (exact) mass is 230 g/mol. The quantitative estimate of drug-likeness (QED) is 0.599. The standard InChI is InChI=1S/C13H14N2O2/c1-3-17-13(16)9-8-12-10-6-4-5-7-11(10)14-15(12)2/h4-9H,3H2,1-2H3/b9-8+. The van der Waals surface area contributed by atoms with Gasteiger partial charge in [0, 0.05) is 18.5 Å². The minimum absolute atomic E-state index is 0.335. The summed E-state index contributed by atoms with van der Waals surface area (Å²) in [4.78, 5) is 11.2. The van der Waals surface area contributed by atoms with Crippen molar-refractivity contribution in [1.82, 2.24) is 9.78 Å². The Kier molecular flexibility index (Phi) is 3.23. The van der Waals surface area contributed by atoms with E-state index in [0.717, 1.165) is 16.6 Å². The maximum atomic E-state index is 11.2. The number of esters is 1. The van der Waals surface area contributed by atoms with Crippen LogP contribution in [-0.4, -0.2) is 22.4 Å².